The summed E-state index contributed by atoms with van der Waals surface area (Å²) in [5.41, 5.74) is 4.62. The standard InChI is InChI=1S/C22H16FN5O/c1-12-4-2-7-17(25-12)22(29)26-18-10-13(11-19-20(18)21(23)28-27-19)14-5-3-6-16-15(14)8-9-24-16/h2-11,24H,1H3,(H,26,29)(H,27,28). The number of carbonyl (C=O) groups excluding carboxylic acids is 1. The zero-order valence-corrected chi connectivity index (χ0v) is 15.5. The van der Waals surface area contributed by atoms with Crippen LogP contribution in [-0.4, -0.2) is 26.1 Å². The first kappa shape index (κ1) is 17.1. The summed E-state index contributed by atoms with van der Waals surface area (Å²) in [6, 6.07) is 16.7. The molecule has 29 heavy (non-hydrogen) atoms. The summed E-state index contributed by atoms with van der Waals surface area (Å²) >= 11 is 0. The normalized spacial score (nSPS) is 11.2. The highest BCUT2D eigenvalue weighted by Crippen LogP contribution is 2.35. The van der Waals surface area contributed by atoms with Gasteiger partial charge in [-0.15, -0.1) is 5.10 Å². The molecule has 0 bridgehead atoms. The van der Waals surface area contributed by atoms with Crippen molar-refractivity contribution in [3.8, 4) is 11.1 Å². The van der Waals surface area contributed by atoms with E-state index in [2.05, 4.69) is 25.5 Å². The van der Waals surface area contributed by atoms with Crippen LogP contribution in [0.1, 0.15) is 16.2 Å². The van der Waals surface area contributed by atoms with Gasteiger partial charge in [-0.3, -0.25) is 9.89 Å². The lowest BCUT2D eigenvalue weighted by molar-refractivity contribution is 0.102. The molecule has 0 saturated heterocycles. The van der Waals surface area contributed by atoms with Crippen LogP contribution in [0.3, 0.4) is 0 Å². The Hall–Kier alpha value is -4.00. The predicted molar refractivity (Wildman–Crippen MR) is 110 cm³/mol. The summed E-state index contributed by atoms with van der Waals surface area (Å²) in [6.45, 7) is 1.81. The maximum Gasteiger partial charge on any atom is 0.274 e. The first-order chi connectivity index (χ1) is 14.1. The molecule has 6 nitrogen and oxygen atoms in total. The summed E-state index contributed by atoms with van der Waals surface area (Å²) < 4.78 is 14.3. The number of pyridine rings is 1. The Bertz CT molecular complexity index is 1380. The SMILES string of the molecule is Cc1cccc(C(=O)Nc2cc(-c3cccc4[nH]ccc34)cc3[nH]nc(F)c23)n1. The second kappa shape index (κ2) is 6.56. The van der Waals surface area contributed by atoms with Gasteiger partial charge in [-0.05, 0) is 54.4 Å². The van der Waals surface area contributed by atoms with Crippen molar-refractivity contribution in [2.24, 2.45) is 0 Å². The number of benzene rings is 2. The molecule has 3 aromatic heterocycles. The van der Waals surface area contributed by atoms with Crippen LogP contribution < -0.4 is 5.32 Å². The molecule has 0 spiro atoms. The van der Waals surface area contributed by atoms with E-state index in [-0.39, 0.29) is 11.1 Å². The lowest BCUT2D eigenvalue weighted by Crippen LogP contribution is -2.14. The molecule has 0 unspecified atom stereocenters. The first-order valence-electron chi connectivity index (χ1n) is 9.09. The third-order valence-electron chi connectivity index (χ3n) is 4.89. The van der Waals surface area contributed by atoms with E-state index in [1.54, 1.807) is 18.2 Å². The van der Waals surface area contributed by atoms with E-state index in [0.717, 1.165) is 27.7 Å². The van der Waals surface area contributed by atoms with E-state index >= 15 is 0 Å². The number of amides is 1. The van der Waals surface area contributed by atoms with Gasteiger partial charge in [-0.25, -0.2) is 4.98 Å². The van der Waals surface area contributed by atoms with E-state index < -0.39 is 11.9 Å². The van der Waals surface area contributed by atoms with Gasteiger partial charge in [0.1, 0.15) is 5.69 Å². The van der Waals surface area contributed by atoms with Gasteiger partial charge < -0.3 is 10.3 Å². The Morgan fingerprint density at radius 2 is 1.93 bits per heavy atom. The van der Waals surface area contributed by atoms with E-state index in [4.69, 9.17) is 0 Å². The molecule has 5 aromatic rings. The molecule has 0 fully saturated rings. The fourth-order valence-corrected chi connectivity index (χ4v) is 3.56. The summed E-state index contributed by atoms with van der Waals surface area (Å²) in [6.07, 6.45) is 1.87. The molecule has 0 aliphatic rings. The monoisotopic (exact) mass is 385 g/mol. The molecule has 0 aliphatic carbocycles. The average molecular weight is 385 g/mol. The second-order valence-electron chi connectivity index (χ2n) is 6.82. The molecule has 0 saturated carbocycles. The van der Waals surface area contributed by atoms with Crippen LogP contribution in [0.2, 0.25) is 0 Å². The van der Waals surface area contributed by atoms with E-state index in [9.17, 15) is 9.18 Å². The van der Waals surface area contributed by atoms with Gasteiger partial charge in [-0.2, -0.15) is 4.39 Å². The summed E-state index contributed by atoms with van der Waals surface area (Å²) in [5, 5.41) is 10.4. The zero-order chi connectivity index (χ0) is 20.0. The highest BCUT2D eigenvalue weighted by Gasteiger charge is 2.17. The largest absolute Gasteiger partial charge is 0.361 e. The van der Waals surface area contributed by atoms with Crippen molar-refractivity contribution in [2.45, 2.75) is 6.92 Å². The number of halogens is 1. The number of rotatable bonds is 3. The van der Waals surface area contributed by atoms with E-state index in [0.29, 0.717) is 11.2 Å². The highest BCUT2D eigenvalue weighted by molar-refractivity contribution is 6.09. The fourth-order valence-electron chi connectivity index (χ4n) is 3.56. The average Bonchev–Trinajstić information content (AvgIpc) is 3.34. The Balaban J connectivity index is 1.65. The van der Waals surface area contributed by atoms with Gasteiger partial charge >= 0.3 is 0 Å². The minimum Gasteiger partial charge on any atom is -0.361 e. The van der Waals surface area contributed by atoms with Crippen LogP contribution in [0.15, 0.2) is 60.8 Å². The summed E-state index contributed by atoms with van der Waals surface area (Å²) in [7, 11) is 0. The van der Waals surface area contributed by atoms with Crippen molar-refractivity contribution in [1.82, 2.24) is 20.2 Å². The smallest absolute Gasteiger partial charge is 0.274 e. The third kappa shape index (κ3) is 2.93. The number of aromatic nitrogens is 4. The van der Waals surface area contributed by atoms with Gasteiger partial charge in [-0.1, -0.05) is 18.2 Å². The van der Waals surface area contributed by atoms with Gasteiger partial charge in [0, 0.05) is 22.8 Å². The highest BCUT2D eigenvalue weighted by atomic mass is 19.1. The van der Waals surface area contributed by atoms with E-state index in [1.165, 1.54) is 0 Å². The number of nitrogens with zero attached hydrogens (tertiary/aromatic N) is 2. The molecule has 5 rings (SSSR count). The first-order valence-corrected chi connectivity index (χ1v) is 9.09. The number of hydrogen-bond donors (Lipinski definition) is 3. The lowest BCUT2D eigenvalue weighted by Gasteiger charge is -2.10. The number of H-pyrrole nitrogens is 2. The van der Waals surface area contributed by atoms with Crippen molar-refractivity contribution in [3.63, 3.8) is 0 Å². The molecular formula is C22H16FN5O. The van der Waals surface area contributed by atoms with Gasteiger partial charge in [0.05, 0.1) is 16.6 Å². The maximum atomic E-state index is 14.3. The van der Waals surface area contributed by atoms with Crippen molar-refractivity contribution in [2.75, 3.05) is 5.32 Å². The number of aryl methyl sites for hydroxylation is 1. The molecule has 1 amide bonds. The summed E-state index contributed by atoms with van der Waals surface area (Å²) in [4.78, 5) is 20.2. The van der Waals surface area contributed by atoms with Crippen LogP contribution in [-0.2, 0) is 0 Å². The van der Waals surface area contributed by atoms with Crippen molar-refractivity contribution in [3.05, 3.63) is 78.1 Å². The minimum atomic E-state index is -0.668. The Kier molecular flexibility index (Phi) is 3.87. The molecule has 142 valence electrons. The minimum absolute atomic E-state index is 0.232. The molecule has 0 aliphatic heterocycles. The predicted octanol–water partition coefficient (Wildman–Crippen LogP) is 4.81. The Morgan fingerprint density at radius 1 is 1.07 bits per heavy atom. The van der Waals surface area contributed by atoms with Gasteiger partial charge in [0.2, 0.25) is 5.95 Å². The number of hydrogen-bond acceptors (Lipinski definition) is 3. The molecule has 3 heterocycles. The molecule has 3 N–H and O–H groups in total. The zero-order valence-electron chi connectivity index (χ0n) is 15.5. The number of anilines is 1. The molecule has 2 aromatic carbocycles. The number of aromatic amines is 2. The lowest BCUT2D eigenvalue weighted by atomic mass is 9.99. The van der Waals surface area contributed by atoms with Crippen LogP contribution in [0.5, 0.6) is 0 Å². The van der Waals surface area contributed by atoms with Crippen LogP contribution >= 0.6 is 0 Å². The Labute approximate surface area is 164 Å². The molecular weight excluding hydrogens is 369 g/mol. The molecule has 0 radical (unpaired) electrons. The fraction of sp³-hybridized carbons (Fsp3) is 0.0455. The topological polar surface area (TPSA) is 86.5 Å². The van der Waals surface area contributed by atoms with Crippen molar-refractivity contribution < 1.29 is 9.18 Å². The maximum absolute atomic E-state index is 14.3. The second-order valence-corrected chi connectivity index (χ2v) is 6.82. The van der Waals surface area contributed by atoms with Crippen LogP contribution in [0.25, 0.3) is 32.9 Å². The van der Waals surface area contributed by atoms with Crippen LogP contribution in [0.4, 0.5) is 10.1 Å². The van der Waals surface area contributed by atoms with Crippen molar-refractivity contribution in [1.29, 1.82) is 0 Å². The quantitative estimate of drug-likeness (QED) is 0.417. The summed E-state index contributed by atoms with van der Waals surface area (Å²) in [5.74, 6) is -1.08. The molecule has 0 atom stereocenters. The molecule has 7 heteroatoms. The van der Waals surface area contributed by atoms with Gasteiger partial charge in [0.25, 0.3) is 5.91 Å². The van der Waals surface area contributed by atoms with Crippen LogP contribution in [0, 0.1) is 12.9 Å². The van der Waals surface area contributed by atoms with E-state index in [1.807, 2.05) is 49.5 Å². The Morgan fingerprint density at radius 3 is 2.79 bits per heavy atom. The number of carbonyl (C=O) groups is 1. The number of nitrogens with one attached hydrogen (secondary N) is 3. The van der Waals surface area contributed by atoms with Crippen molar-refractivity contribution >= 4 is 33.4 Å². The van der Waals surface area contributed by atoms with Gasteiger partial charge in [0.15, 0.2) is 0 Å². The number of fused-ring (bicyclic) bond motifs is 2. The third-order valence-corrected chi connectivity index (χ3v) is 4.89.